The van der Waals surface area contributed by atoms with Crippen molar-refractivity contribution in [2.75, 3.05) is 32.8 Å². The molecule has 4 rings (SSSR count). The molecule has 0 radical (unpaired) electrons. The summed E-state index contributed by atoms with van der Waals surface area (Å²) in [5.41, 5.74) is 0.776. The monoisotopic (exact) mass is 384 g/mol. The fourth-order valence-corrected chi connectivity index (χ4v) is 4.03. The van der Waals surface area contributed by atoms with Crippen molar-refractivity contribution in [2.45, 2.75) is 38.5 Å². The Balaban J connectivity index is 1.46. The van der Waals surface area contributed by atoms with E-state index in [1.54, 1.807) is 0 Å². The van der Waals surface area contributed by atoms with Gasteiger partial charge in [-0.3, -0.25) is 14.6 Å². The summed E-state index contributed by atoms with van der Waals surface area (Å²) < 4.78 is 11.9. The van der Waals surface area contributed by atoms with E-state index in [0.29, 0.717) is 37.8 Å². The SMILES string of the molecule is O=c1cc(CN2CCCCC2)oc(CN2CCO[C@H](c3ccccc3)C2)c1O. The van der Waals surface area contributed by atoms with Crippen molar-refractivity contribution < 1.29 is 14.3 Å². The molecule has 150 valence electrons. The van der Waals surface area contributed by atoms with Crippen LogP contribution in [0.15, 0.2) is 45.6 Å². The van der Waals surface area contributed by atoms with Crippen LogP contribution >= 0.6 is 0 Å². The molecule has 2 aromatic rings. The molecule has 0 bridgehead atoms. The van der Waals surface area contributed by atoms with E-state index in [2.05, 4.69) is 21.9 Å². The summed E-state index contributed by atoms with van der Waals surface area (Å²) in [6.07, 6.45) is 3.62. The molecule has 28 heavy (non-hydrogen) atoms. The van der Waals surface area contributed by atoms with Crippen LogP contribution in [0.25, 0.3) is 0 Å². The number of nitrogens with zero attached hydrogens (tertiary/aromatic N) is 2. The smallest absolute Gasteiger partial charge is 0.227 e. The van der Waals surface area contributed by atoms with Gasteiger partial charge < -0.3 is 14.3 Å². The number of benzene rings is 1. The van der Waals surface area contributed by atoms with Crippen molar-refractivity contribution >= 4 is 0 Å². The highest BCUT2D eigenvalue weighted by Crippen LogP contribution is 2.25. The molecule has 2 aliphatic rings. The topological polar surface area (TPSA) is 66.2 Å². The van der Waals surface area contributed by atoms with Crippen LogP contribution in [-0.4, -0.2) is 47.7 Å². The van der Waals surface area contributed by atoms with Crippen LogP contribution in [-0.2, 0) is 17.8 Å². The first kappa shape index (κ1) is 19.2. The normalized spacial score (nSPS) is 21.6. The van der Waals surface area contributed by atoms with Crippen molar-refractivity contribution in [2.24, 2.45) is 0 Å². The molecule has 1 atom stereocenters. The van der Waals surface area contributed by atoms with Crippen molar-refractivity contribution in [1.82, 2.24) is 9.80 Å². The Morgan fingerprint density at radius 3 is 2.57 bits per heavy atom. The van der Waals surface area contributed by atoms with E-state index in [9.17, 15) is 9.90 Å². The predicted octanol–water partition coefficient (Wildman–Crippen LogP) is 2.90. The maximum absolute atomic E-state index is 12.3. The molecular weight excluding hydrogens is 356 g/mol. The van der Waals surface area contributed by atoms with Crippen molar-refractivity contribution in [3.05, 3.63) is 63.7 Å². The third kappa shape index (κ3) is 4.63. The van der Waals surface area contributed by atoms with Crippen LogP contribution in [0.4, 0.5) is 0 Å². The lowest BCUT2D eigenvalue weighted by Crippen LogP contribution is -2.38. The second kappa shape index (κ2) is 8.90. The Labute approximate surface area is 165 Å². The second-order valence-corrected chi connectivity index (χ2v) is 7.69. The largest absolute Gasteiger partial charge is 0.502 e. The van der Waals surface area contributed by atoms with Crippen molar-refractivity contribution in [1.29, 1.82) is 0 Å². The first-order chi connectivity index (χ1) is 13.7. The average molecular weight is 384 g/mol. The molecule has 0 spiro atoms. The predicted molar refractivity (Wildman–Crippen MR) is 106 cm³/mol. The van der Waals surface area contributed by atoms with Gasteiger partial charge in [-0.2, -0.15) is 0 Å². The lowest BCUT2D eigenvalue weighted by Gasteiger charge is -2.33. The molecule has 0 unspecified atom stereocenters. The third-order valence-electron chi connectivity index (χ3n) is 5.56. The van der Waals surface area contributed by atoms with E-state index in [0.717, 1.165) is 25.2 Å². The highest BCUT2D eigenvalue weighted by atomic mass is 16.5. The summed E-state index contributed by atoms with van der Waals surface area (Å²) in [7, 11) is 0. The molecule has 2 fully saturated rings. The van der Waals surface area contributed by atoms with Crippen LogP contribution < -0.4 is 5.43 Å². The van der Waals surface area contributed by atoms with E-state index in [4.69, 9.17) is 9.15 Å². The highest BCUT2D eigenvalue weighted by Gasteiger charge is 2.24. The highest BCUT2D eigenvalue weighted by molar-refractivity contribution is 5.25. The summed E-state index contributed by atoms with van der Waals surface area (Å²) in [5.74, 6) is 0.714. The molecule has 3 heterocycles. The Morgan fingerprint density at radius 2 is 1.79 bits per heavy atom. The molecule has 0 amide bonds. The molecule has 0 aliphatic carbocycles. The van der Waals surface area contributed by atoms with Gasteiger partial charge in [-0.15, -0.1) is 0 Å². The number of aromatic hydroxyl groups is 1. The van der Waals surface area contributed by atoms with E-state index >= 15 is 0 Å². The average Bonchev–Trinajstić information content (AvgIpc) is 2.73. The number of likely N-dealkylation sites (tertiary alicyclic amines) is 1. The van der Waals surface area contributed by atoms with Crippen molar-refractivity contribution in [3.63, 3.8) is 0 Å². The summed E-state index contributed by atoms with van der Waals surface area (Å²) in [4.78, 5) is 16.7. The first-order valence-electron chi connectivity index (χ1n) is 10.1. The maximum Gasteiger partial charge on any atom is 0.227 e. The van der Waals surface area contributed by atoms with Gasteiger partial charge in [0.1, 0.15) is 5.76 Å². The van der Waals surface area contributed by atoms with Gasteiger partial charge in [-0.05, 0) is 31.5 Å². The minimum absolute atomic E-state index is 0.0136. The van der Waals surface area contributed by atoms with E-state index in [1.807, 2.05) is 18.2 Å². The van der Waals surface area contributed by atoms with Crippen molar-refractivity contribution in [3.8, 4) is 5.75 Å². The Hall–Kier alpha value is -2.15. The zero-order valence-corrected chi connectivity index (χ0v) is 16.2. The Morgan fingerprint density at radius 1 is 1.00 bits per heavy atom. The number of ether oxygens (including phenoxy) is 1. The van der Waals surface area contributed by atoms with E-state index < -0.39 is 0 Å². The minimum atomic E-state index is -0.360. The molecule has 2 saturated heterocycles. The van der Waals surface area contributed by atoms with Crippen LogP contribution in [0.1, 0.15) is 42.5 Å². The molecule has 1 aromatic heterocycles. The number of hydrogen-bond donors (Lipinski definition) is 1. The Kier molecular flexibility index (Phi) is 6.10. The van der Waals surface area contributed by atoms with Gasteiger partial charge in [-0.1, -0.05) is 36.8 Å². The standard InChI is InChI=1S/C22H28N2O4/c25-19-13-18(14-23-9-5-2-6-10-23)28-21(22(19)26)16-24-11-12-27-20(15-24)17-7-3-1-4-8-17/h1,3-4,7-8,13,20,26H,2,5-6,9-12,14-16H2/t20-/m0/s1. The molecule has 2 aliphatic heterocycles. The zero-order chi connectivity index (χ0) is 19.3. The van der Waals surface area contributed by atoms with Gasteiger partial charge in [0.25, 0.3) is 0 Å². The van der Waals surface area contributed by atoms with Gasteiger partial charge >= 0.3 is 0 Å². The summed E-state index contributed by atoms with van der Waals surface area (Å²) in [6.45, 7) is 5.13. The summed E-state index contributed by atoms with van der Waals surface area (Å²) in [5, 5.41) is 10.3. The van der Waals surface area contributed by atoms with Gasteiger partial charge in [0, 0.05) is 19.2 Å². The fraction of sp³-hybridized carbons (Fsp3) is 0.500. The fourth-order valence-electron chi connectivity index (χ4n) is 4.03. The van der Waals surface area contributed by atoms with Gasteiger partial charge in [0.15, 0.2) is 5.76 Å². The van der Waals surface area contributed by atoms with Gasteiger partial charge in [-0.25, -0.2) is 0 Å². The number of hydrogen-bond acceptors (Lipinski definition) is 6. The summed E-state index contributed by atoms with van der Waals surface area (Å²) in [6, 6.07) is 11.6. The zero-order valence-electron chi connectivity index (χ0n) is 16.2. The molecule has 6 nitrogen and oxygen atoms in total. The van der Waals surface area contributed by atoms with E-state index in [-0.39, 0.29) is 17.3 Å². The van der Waals surface area contributed by atoms with Crippen LogP contribution in [0, 0.1) is 0 Å². The summed E-state index contributed by atoms with van der Waals surface area (Å²) >= 11 is 0. The lowest BCUT2D eigenvalue weighted by molar-refractivity contribution is -0.0352. The number of morpholine rings is 1. The number of piperidine rings is 1. The van der Waals surface area contributed by atoms with Crippen LogP contribution in [0.2, 0.25) is 0 Å². The molecule has 0 saturated carbocycles. The molecule has 1 aromatic carbocycles. The number of rotatable bonds is 5. The van der Waals surface area contributed by atoms with Gasteiger partial charge in [0.2, 0.25) is 11.2 Å². The first-order valence-corrected chi connectivity index (χ1v) is 10.1. The van der Waals surface area contributed by atoms with E-state index in [1.165, 1.54) is 25.3 Å². The quantitative estimate of drug-likeness (QED) is 0.855. The minimum Gasteiger partial charge on any atom is -0.502 e. The van der Waals surface area contributed by atoms with Crippen LogP contribution in [0.5, 0.6) is 5.75 Å². The molecule has 1 N–H and O–H groups in total. The molecule has 6 heteroatoms. The Bertz CT molecular complexity index is 830. The second-order valence-electron chi connectivity index (χ2n) is 7.69. The third-order valence-corrected chi connectivity index (χ3v) is 5.56. The maximum atomic E-state index is 12.3. The lowest BCUT2D eigenvalue weighted by atomic mass is 10.1. The van der Waals surface area contributed by atoms with Gasteiger partial charge in [0.05, 0.1) is 25.8 Å². The molecular formula is C22H28N2O4. The van der Waals surface area contributed by atoms with Crippen LogP contribution in [0.3, 0.4) is 0 Å².